The van der Waals surface area contributed by atoms with Gasteiger partial charge in [0, 0.05) is 30.6 Å². The Morgan fingerprint density at radius 3 is 2.60 bits per heavy atom. The molecule has 0 spiro atoms. The molecule has 5 rings (SSSR count). The Morgan fingerprint density at radius 2 is 1.86 bits per heavy atom. The van der Waals surface area contributed by atoms with Crippen molar-refractivity contribution in [3.8, 4) is 0 Å². The summed E-state index contributed by atoms with van der Waals surface area (Å²) >= 11 is 1.44. The van der Waals surface area contributed by atoms with Gasteiger partial charge in [0.25, 0.3) is 11.8 Å². The molecule has 0 saturated carbocycles. The van der Waals surface area contributed by atoms with E-state index in [9.17, 15) is 14.4 Å². The molecule has 1 saturated heterocycles. The molecule has 2 aromatic carbocycles. The standard InChI is InChI=1S/C26H25N5O3S/c1-17-21-13-22(35-26(21)31(29-17)15-19-5-3-2-4-6-19)24(33)28-14-18-7-9-20(10-8-18)25(34)30-12-11-27-23(32)16-30/h2-10,13H,11-12,14-16H2,1H3,(H,27,32)(H,28,33). The van der Waals surface area contributed by atoms with Crippen LogP contribution in [0.2, 0.25) is 0 Å². The fourth-order valence-electron chi connectivity index (χ4n) is 4.12. The van der Waals surface area contributed by atoms with Crippen molar-refractivity contribution in [2.24, 2.45) is 0 Å². The summed E-state index contributed by atoms with van der Waals surface area (Å²) in [4.78, 5) is 40.2. The topological polar surface area (TPSA) is 96.3 Å². The number of rotatable bonds is 6. The van der Waals surface area contributed by atoms with Gasteiger partial charge < -0.3 is 15.5 Å². The van der Waals surface area contributed by atoms with Crippen LogP contribution in [-0.2, 0) is 17.9 Å². The maximum Gasteiger partial charge on any atom is 0.261 e. The van der Waals surface area contributed by atoms with E-state index in [4.69, 9.17) is 0 Å². The molecule has 3 heterocycles. The van der Waals surface area contributed by atoms with Crippen LogP contribution in [0.4, 0.5) is 0 Å². The molecular weight excluding hydrogens is 462 g/mol. The fraction of sp³-hybridized carbons (Fsp3) is 0.231. The van der Waals surface area contributed by atoms with Crippen LogP contribution in [0.5, 0.6) is 0 Å². The van der Waals surface area contributed by atoms with Crippen LogP contribution < -0.4 is 10.6 Å². The van der Waals surface area contributed by atoms with E-state index in [0.717, 1.165) is 27.0 Å². The van der Waals surface area contributed by atoms with E-state index in [-0.39, 0.29) is 24.3 Å². The van der Waals surface area contributed by atoms with E-state index >= 15 is 0 Å². The lowest BCUT2D eigenvalue weighted by atomic mass is 10.1. The Bertz CT molecular complexity index is 1390. The molecule has 0 bridgehead atoms. The summed E-state index contributed by atoms with van der Waals surface area (Å²) in [6.45, 7) is 4.00. The third kappa shape index (κ3) is 4.95. The SMILES string of the molecule is Cc1nn(Cc2ccccc2)c2sc(C(=O)NCc3ccc(C(=O)N4CCNC(=O)C4)cc3)cc12. The molecule has 178 valence electrons. The largest absolute Gasteiger partial charge is 0.353 e. The van der Waals surface area contributed by atoms with Crippen LogP contribution in [-0.4, -0.2) is 52.0 Å². The number of fused-ring (bicyclic) bond motifs is 1. The van der Waals surface area contributed by atoms with Crippen LogP contribution in [0.25, 0.3) is 10.2 Å². The minimum atomic E-state index is -0.166. The van der Waals surface area contributed by atoms with Gasteiger partial charge in [-0.2, -0.15) is 5.10 Å². The number of nitrogens with zero attached hydrogens (tertiary/aromatic N) is 3. The van der Waals surface area contributed by atoms with Gasteiger partial charge in [0.15, 0.2) is 0 Å². The number of amides is 3. The van der Waals surface area contributed by atoms with Crippen LogP contribution in [0.1, 0.15) is 36.9 Å². The second-order valence-electron chi connectivity index (χ2n) is 8.51. The highest BCUT2D eigenvalue weighted by molar-refractivity contribution is 7.20. The highest BCUT2D eigenvalue weighted by atomic mass is 32.1. The predicted octanol–water partition coefficient (Wildman–Crippen LogP) is 2.96. The first-order valence-corrected chi connectivity index (χ1v) is 12.2. The van der Waals surface area contributed by atoms with E-state index in [1.807, 2.05) is 48.0 Å². The van der Waals surface area contributed by atoms with Gasteiger partial charge in [-0.3, -0.25) is 19.1 Å². The molecule has 0 radical (unpaired) electrons. The number of carbonyl (C=O) groups excluding carboxylic acids is 3. The Kier molecular flexibility index (Phi) is 6.33. The van der Waals surface area contributed by atoms with Crippen molar-refractivity contribution in [3.05, 3.63) is 87.9 Å². The van der Waals surface area contributed by atoms with Crippen molar-refractivity contribution in [3.63, 3.8) is 0 Å². The quantitative estimate of drug-likeness (QED) is 0.437. The second-order valence-corrected chi connectivity index (χ2v) is 9.55. The summed E-state index contributed by atoms with van der Waals surface area (Å²) < 4.78 is 1.95. The molecule has 8 nitrogen and oxygen atoms in total. The van der Waals surface area contributed by atoms with Gasteiger partial charge in [0.2, 0.25) is 5.91 Å². The first-order valence-electron chi connectivity index (χ1n) is 11.4. The maximum atomic E-state index is 12.8. The molecule has 1 aliphatic heterocycles. The average molecular weight is 488 g/mol. The molecular formula is C26H25N5O3S. The molecule has 2 N–H and O–H groups in total. The Labute approximate surface area is 206 Å². The van der Waals surface area contributed by atoms with Crippen molar-refractivity contribution < 1.29 is 14.4 Å². The number of aryl methyl sites for hydroxylation is 1. The highest BCUT2D eigenvalue weighted by Gasteiger charge is 2.22. The van der Waals surface area contributed by atoms with Gasteiger partial charge >= 0.3 is 0 Å². The maximum absolute atomic E-state index is 12.8. The van der Waals surface area contributed by atoms with E-state index in [0.29, 0.717) is 36.6 Å². The van der Waals surface area contributed by atoms with E-state index < -0.39 is 0 Å². The van der Waals surface area contributed by atoms with Crippen molar-refractivity contribution in [1.82, 2.24) is 25.3 Å². The third-order valence-electron chi connectivity index (χ3n) is 5.99. The first kappa shape index (κ1) is 22.8. The lowest BCUT2D eigenvalue weighted by Gasteiger charge is -2.26. The molecule has 1 aliphatic rings. The number of hydrogen-bond acceptors (Lipinski definition) is 5. The monoisotopic (exact) mass is 487 g/mol. The number of piperazine rings is 1. The van der Waals surface area contributed by atoms with Gasteiger partial charge in [0.1, 0.15) is 4.83 Å². The van der Waals surface area contributed by atoms with Gasteiger partial charge in [0.05, 0.1) is 23.7 Å². The van der Waals surface area contributed by atoms with Gasteiger partial charge in [-0.25, -0.2) is 0 Å². The van der Waals surface area contributed by atoms with Crippen molar-refractivity contribution >= 4 is 39.3 Å². The zero-order chi connectivity index (χ0) is 24.4. The summed E-state index contributed by atoms with van der Waals surface area (Å²) in [6, 6.07) is 19.1. The van der Waals surface area contributed by atoms with Crippen molar-refractivity contribution in [1.29, 1.82) is 0 Å². The lowest BCUT2D eigenvalue weighted by Crippen LogP contribution is -2.49. The average Bonchev–Trinajstić information content (AvgIpc) is 3.44. The predicted molar refractivity (Wildman–Crippen MR) is 134 cm³/mol. The third-order valence-corrected chi connectivity index (χ3v) is 7.13. The summed E-state index contributed by atoms with van der Waals surface area (Å²) in [5.74, 6) is -0.454. The van der Waals surface area contributed by atoms with Gasteiger partial charge in [-0.1, -0.05) is 42.5 Å². The molecule has 4 aromatic rings. The van der Waals surface area contributed by atoms with Crippen LogP contribution in [0, 0.1) is 6.92 Å². The minimum Gasteiger partial charge on any atom is -0.353 e. The van der Waals surface area contributed by atoms with E-state index in [1.54, 1.807) is 12.1 Å². The Morgan fingerprint density at radius 1 is 1.09 bits per heavy atom. The molecule has 0 unspecified atom stereocenters. The molecule has 35 heavy (non-hydrogen) atoms. The number of thiophene rings is 1. The summed E-state index contributed by atoms with van der Waals surface area (Å²) in [6.07, 6.45) is 0. The lowest BCUT2D eigenvalue weighted by molar-refractivity contribution is -0.123. The first-order chi connectivity index (χ1) is 17.0. The van der Waals surface area contributed by atoms with Crippen molar-refractivity contribution in [2.45, 2.75) is 20.0 Å². The Balaban J connectivity index is 1.23. The summed E-state index contributed by atoms with van der Waals surface area (Å²) in [5.41, 5.74) is 3.47. The molecule has 9 heteroatoms. The Hall–Kier alpha value is -3.98. The summed E-state index contributed by atoms with van der Waals surface area (Å²) in [7, 11) is 0. The fourth-order valence-corrected chi connectivity index (χ4v) is 5.19. The minimum absolute atomic E-state index is 0.0778. The summed E-state index contributed by atoms with van der Waals surface area (Å²) in [5, 5.41) is 11.3. The van der Waals surface area contributed by atoms with Gasteiger partial charge in [-0.15, -0.1) is 11.3 Å². The zero-order valence-corrected chi connectivity index (χ0v) is 20.1. The van der Waals surface area contributed by atoms with E-state index in [1.165, 1.54) is 16.2 Å². The molecule has 0 atom stereocenters. The normalized spacial score (nSPS) is 13.6. The number of nitrogens with one attached hydrogen (secondary N) is 2. The molecule has 0 aliphatic carbocycles. The molecule has 3 amide bonds. The number of hydrogen-bond donors (Lipinski definition) is 2. The van der Waals surface area contributed by atoms with Crippen molar-refractivity contribution in [2.75, 3.05) is 19.6 Å². The van der Waals surface area contributed by atoms with Gasteiger partial charge in [-0.05, 0) is 36.2 Å². The van der Waals surface area contributed by atoms with Crippen LogP contribution >= 0.6 is 11.3 Å². The number of carbonyl (C=O) groups is 3. The zero-order valence-electron chi connectivity index (χ0n) is 19.3. The van der Waals surface area contributed by atoms with Crippen LogP contribution in [0.3, 0.4) is 0 Å². The molecule has 2 aromatic heterocycles. The number of aromatic nitrogens is 2. The highest BCUT2D eigenvalue weighted by Crippen LogP contribution is 2.29. The van der Waals surface area contributed by atoms with E-state index in [2.05, 4.69) is 27.9 Å². The molecule has 1 fully saturated rings. The van der Waals surface area contributed by atoms with Crippen LogP contribution in [0.15, 0.2) is 60.7 Å². The smallest absolute Gasteiger partial charge is 0.261 e. The second kappa shape index (κ2) is 9.71. The number of benzene rings is 2.